The highest BCUT2D eigenvalue weighted by atomic mass is 19.4. The fraction of sp³-hybridized carbons (Fsp3) is 0.350. The van der Waals surface area contributed by atoms with Crippen LogP contribution in [0.25, 0.3) is 0 Å². The van der Waals surface area contributed by atoms with Crippen LogP contribution in [0.5, 0.6) is 5.75 Å². The Labute approximate surface area is 155 Å². The van der Waals surface area contributed by atoms with Crippen LogP contribution < -0.4 is 10.1 Å². The zero-order valence-electron chi connectivity index (χ0n) is 14.8. The Morgan fingerprint density at radius 2 is 2.00 bits per heavy atom. The van der Waals surface area contributed by atoms with Gasteiger partial charge in [0.05, 0.1) is 24.8 Å². The monoisotopic (exact) mass is 379 g/mol. The van der Waals surface area contributed by atoms with Gasteiger partial charge >= 0.3 is 6.18 Å². The van der Waals surface area contributed by atoms with E-state index in [0.29, 0.717) is 24.2 Å². The molecule has 0 fully saturated rings. The number of benzene rings is 2. The second-order valence-electron chi connectivity index (χ2n) is 6.63. The number of aliphatic hydroxyl groups is 1. The minimum Gasteiger partial charge on any atom is -0.497 e. The molecule has 0 unspecified atom stereocenters. The Hall–Kier alpha value is -2.54. The molecule has 1 aliphatic rings. The standard InChI is InChI=1S/C20H20F3NO3/c1-27-14-8-9-16-13(11-14)5-4-10-19(16,26)12-24-18(25)15-6-2-3-7-17(15)20(21,22)23/h2-3,6-9,11,26H,4-5,10,12H2,1H3,(H,24,25)/t19-/m0/s1. The van der Waals surface area contributed by atoms with Crippen LogP contribution in [0.15, 0.2) is 42.5 Å². The molecule has 144 valence electrons. The van der Waals surface area contributed by atoms with E-state index < -0.39 is 28.8 Å². The number of amides is 1. The van der Waals surface area contributed by atoms with Gasteiger partial charge < -0.3 is 15.2 Å². The van der Waals surface area contributed by atoms with Gasteiger partial charge in [-0.3, -0.25) is 4.79 Å². The first-order valence-corrected chi connectivity index (χ1v) is 8.59. The lowest BCUT2D eigenvalue weighted by atomic mass is 9.79. The summed E-state index contributed by atoms with van der Waals surface area (Å²) in [5, 5.41) is 13.5. The summed E-state index contributed by atoms with van der Waals surface area (Å²) in [5.41, 5.74) is -1.21. The van der Waals surface area contributed by atoms with E-state index in [2.05, 4.69) is 5.32 Å². The Morgan fingerprint density at radius 3 is 2.70 bits per heavy atom. The van der Waals surface area contributed by atoms with Gasteiger partial charge in [-0.05, 0) is 54.7 Å². The molecule has 0 saturated heterocycles. The van der Waals surface area contributed by atoms with Crippen molar-refractivity contribution in [2.24, 2.45) is 0 Å². The number of fused-ring (bicyclic) bond motifs is 1. The minimum atomic E-state index is -4.63. The van der Waals surface area contributed by atoms with E-state index in [1.165, 1.54) is 12.1 Å². The van der Waals surface area contributed by atoms with Crippen LogP contribution in [0.2, 0.25) is 0 Å². The molecule has 2 N–H and O–H groups in total. The quantitative estimate of drug-likeness (QED) is 0.852. The smallest absolute Gasteiger partial charge is 0.417 e. The Kier molecular flexibility index (Phi) is 5.15. The third kappa shape index (κ3) is 3.93. The van der Waals surface area contributed by atoms with Crippen LogP contribution in [0.3, 0.4) is 0 Å². The highest BCUT2D eigenvalue weighted by Crippen LogP contribution is 2.37. The molecule has 0 bridgehead atoms. The van der Waals surface area contributed by atoms with Gasteiger partial charge in [0.2, 0.25) is 0 Å². The molecule has 1 amide bonds. The van der Waals surface area contributed by atoms with Crippen molar-refractivity contribution in [3.8, 4) is 5.75 Å². The van der Waals surface area contributed by atoms with Crippen molar-refractivity contribution in [2.75, 3.05) is 13.7 Å². The number of hydrogen-bond donors (Lipinski definition) is 2. The Bertz CT molecular complexity index is 851. The summed E-state index contributed by atoms with van der Waals surface area (Å²) in [5.74, 6) is -0.196. The summed E-state index contributed by atoms with van der Waals surface area (Å²) in [6.45, 7) is -0.169. The molecule has 0 spiro atoms. The number of hydrogen-bond acceptors (Lipinski definition) is 3. The summed E-state index contributed by atoms with van der Waals surface area (Å²) in [6, 6.07) is 9.89. The van der Waals surface area contributed by atoms with E-state index >= 15 is 0 Å². The number of rotatable bonds is 4. The average Bonchev–Trinajstić information content (AvgIpc) is 2.65. The van der Waals surface area contributed by atoms with E-state index in [1.54, 1.807) is 19.2 Å². The highest BCUT2D eigenvalue weighted by molar-refractivity contribution is 5.95. The van der Waals surface area contributed by atoms with Gasteiger partial charge in [-0.2, -0.15) is 13.2 Å². The molecule has 2 aromatic carbocycles. The molecule has 0 aromatic heterocycles. The first-order valence-electron chi connectivity index (χ1n) is 8.59. The topological polar surface area (TPSA) is 58.6 Å². The second-order valence-corrected chi connectivity index (χ2v) is 6.63. The van der Waals surface area contributed by atoms with E-state index in [0.717, 1.165) is 24.1 Å². The van der Waals surface area contributed by atoms with Crippen LogP contribution in [0, 0.1) is 0 Å². The van der Waals surface area contributed by atoms with E-state index in [1.807, 2.05) is 6.07 Å². The lowest BCUT2D eigenvalue weighted by Gasteiger charge is -2.35. The number of carbonyl (C=O) groups excluding carboxylic acids is 1. The Balaban J connectivity index is 1.81. The zero-order chi connectivity index (χ0) is 19.7. The molecule has 0 aliphatic heterocycles. The molecule has 2 aromatic rings. The predicted molar refractivity (Wildman–Crippen MR) is 93.6 cm³/mol. The summed E-state index contributed by atoms with van der Waals surface area (Å²) in [7, 11) is 1.55. The van der Waals surface area contributed by atoms with Crippen molar-refractivity contribution in [1.29, 1.82) is 0 Å². The number of ether oxygens (including phenoxy) is 1. The number of alkyl halides is 3. The molecule has 27 heavy (non-hydrogen) atoms. The van der Waals surface area contributed by atoms with Gasteiger partial charge in [-0.1, -0.05) is 18.2 Å². The van der Waals surface area contributed by atoms with Crippen LogP contribution in [0.4, 0.5) is 13.2 Å². The molecule has 1 atom stereocenters. The number of aryl methyl sites for hydroxylation is 1. The van der Waals surface area contributed by atoms with Crippen molar-refractivity contribution in [3.63, 3.8) is 0 Å². The van der Waals surface area contributed by atoms with Crippen molar-refractivity contribution in [2.45, 2.75) is 31.0 Å². The molecule has 7 heteroatoms. The van der Waals surface area contributed by atoms with E-state index in [-0.39, 0.29) is 6.54 Å². The van der Waals surface area contributed by atoms with Gasteiger partial charge in [0, 0.05) is 0 Å². The fourth-order valence-corrected chi connectivity index (χ4v) is 3.50. The number of carbonyl (C=O) groups is 1. The highest BCUT2D eigenvalue weighted by Gasteiger charge is 2.37. The van der Waals surface area contributed by atoms with E-state index in [4.69, 9.17) is 4.74 Å². The number of nitrogens with one attached hydrogen (secondary N) is 1. The van der Waals surface area contributed by atoms with Gasteiger partial charge in [0.1, 0.15) is 11.4 Å². The molecule has 0 radical (unpaired) electrons. The van der Waals surface area contributed by atoms with E-state index in [9.17, 15) is 23.1 Å². The molecule has 3 rings (SSSR count). The van der Waals surface area contributed by atoms with Gasteiger partial charge in [0.15, 0.2) is 0 Å². The number of methoxy groups -OCH3 is 1. The molecule has 4 nitrogen and oxygen atoms in total. The first-order chi connectivity index (χ1) is 12.7. The molecular weight excluding hydrogens is 359 g/mol. The average molecular weight is 379 g/mol. The lowest BCUT2D eigenvalue weighted by Crippen LogP contribution is -2.43. The van der Waals surface area contributed by atoms with Crippen molar-refractivity contribution in [1.82, 2.24) is 5.32 Å². The zero-order valence-corrected chi connectivity index (χ0v) is 14.8. The van der Waals surface area contributed by atoms with Crippen molar-refractivity contribution in [3.05, 3.63) is 64.7 Å². The largest absolute Gasteiger partial charge is 0.497 e. The van der Waals surface area contributed by atoms with Crippen molar-refractivity contribution < 1.29 is 27.8 Å². The number of halogens is 3. The van der Waals surface area contributed by atoms with Gasteiger partial charge in [-0.25, -0.2) is 0 Å². The SMILES string of the molecule is COc1ccc2c(c1)CCC[C@]2(O)CNC(=O)c1ccccc1C(F)(F)F. The van der Waals surface area contributed by atoms with Crippen molar-refractivity contribution >= 4 is 5.91 Å². The second kappa shape index (κ2) is 7.23. The van der Waals surface area contributed by atoms with Crippen LogP contribution in [-0.2, 0) is 18.2 Å². The molecule has 0 saturated carbocycles. The predicted octanol–water partition coefficient (Wildman–Crippen LogP) is 3.67. The van der Waals surface area contributed by atoms with Crippen LogP contribution in [-0.4, -0.2) is 24.7 Å². The molecule has 0 heterocycles. The third-order valence-electron chi connectivity index (χ3n) is 4.87. The lowest BCUT2D eigenvalue weighted by molar-refractivity contribution is -0.137. The maximum atomic E-state index is 13.1. The summed E-state index contributed by atoms with van der Waals surface area (Å²) >= 11 is 0. The normalized spacial score (nSPS) is 19.3. The maximum absolute atomic E-state index is 13.1. The first kappa shape index (κ1) is 19.2. The Morgan fingerprint density at radius 1 is 1.26 bits per heavy atom. The summed E-state index contributed by atoms with van der Waals surface area (Å²) < 4.78 is 44.5. The maximum Gasteiger partial charge on any atom is 0.417 e. The van der Waals surface area contributed by atoms with Crippen LogP contribution in [0.1, 0.15) is 39.9 Å². The van der Waals surface area contributed by atoms with Gasteiger partial charge in [0.25, 0.3) is 5.91 Å². The van der Waals surface area contributed by atoms with Crippen LogP contribution >= 0.6 is 0 Å². The third-order valence-corrected chi connectivity index (χ3v) is 4.87. The molecular formula is C20H20F3NO3. The molecule has 1 aliphatic carbocycles. The minimum absolute atomic E-state index is 0.169. The summed E-state index contributed by atoms with van der Waals surface area (Å²) in [4.78, 5) is 12.4. The summed E-state index contributed by atoms with van der Waals surface area (Å²) in [6.07, 6.45) is -2.75. The fourth-order valence-electron chi connectivity index (χ4n) is 3.50. The van der Waals surface area contributed by atoms with Gasteiger partial charge in [-0.15, -0.1) is 0 Å².